The molecule has 0 aromatic heterocycles. The number of benzene rings is 2. The summed E-state index contributed by atoms with van der Waals surface area (Å²) in [5.74, 6) is -0.602. The molecule has 0 bridgehead atoms. The quantitative estimate of drug-likeness (QED) is 0.790. The van der Waals surface area contributed by atoms with Crippen LogP contribution in [0.4, 0.5) is 0 Å². The molecule has 136 valence electrons. The van der Waals surface area contributed by atoms with E-state index in [1.54, 1.807) is 24.3 Å². The van der Waals surface area contributed by atoms with Gasteiger partial charge in [0.05, 0.1) is 5.92 Å². The number of nitrogens with one attached hydrogen (secondary N) is 1. The van der Waals surface area contributed by atoms with Crippen molar-refractivity contribution >= 4 is 35.1 Å². The summed E-state index contributed by atoms with van der Waals surface area (Å²) in [5.41, 5.74) is 1.65. The molecule has 0 fully saturated rings. The van der Waals surface area contributed by atoms with Crippen molar-refractivity contribution in [2.24, 2.45) is 5.92 Å². The molecular weight excluding hydrogens is 377 g/mol. The van der Waals surface area contributed by atoms with Crippen LogP contribution < -0.4 is 10.1 Å². The Bertz CT molecular complexity index is 825. The fraction of sp³-hybridized carbons (Fsp3) is 0.263. The SMILES string of the molecule is O=C(COC(=O)[C@@H]1COc2ccc(Cl)cc2C1)NCc1ccccc1Cl. The van der Waals surface area contributed by atoms with Crippen molar-refractivity contribution in [2.75, 3.05) is 13.2 Å². The lowest BCUT2D eigenvalue weighted by Gasteiger charge is -2.24. The van der Waals surface area contributed by atoms with Gasteiger partial charge in [0, 0.05) is 16.6 Å². The fourth-order valence-corrected chi connectivity index (χ4v) is 3.05. The average Bonchev–Trinajstić information content (AvgIpc) is 2.64. The van der Waals surface area contributed by atoms with Gasteiger partial charge in [-0.2, -0.15) is 0 Å². The molecule has 2 aromatic rings. The number of hydrogen-bond acceptors (Lipinski definition) is 4. The summed E-state index contributed by atoms with van der Waals surface area (Å²) in [6, 6.07) is 12.5. The minimum atomic E-state index is -0.469. The Morgan fingerprint density at radius 3 is 2.81 bits per heavy atom. The summed E-state index contributed by atoms with van der Waals surface area (Å²) >= 11 is 12.0. The van der Waals surface area contributed by atoms with Crippen molar-refractivity contribution < 1.29 is 19.1 Å². The largest absolute Gasteiger partial charge is 0.492 e. The number of esters is 1. The highest BCUT2D eigenvalue weighted by molar-refractivity contribution is 6.31. The molecule has 2 aromatic carbocycles. The molecule has 7 heteroatoms. The van der Waals surface area contributed by atoms with Crippen LogP contribution in [-0.4, -0.2) is 25.1 Å². The lowest BCUT2D eigenvalue weighted by Crippen LogP contribution is -2.33. The van der Waals surface area contributed by atoms with Crippen LogP contribution in [0, 0.1) is 5.92 Å². The Hall–Kier alpha value is -2.24. The first kappa shape index (κ1) is 18.5. The van der Waals surface area contributed by atoms with Crippen molar-refractivity contribution in [3.05, 3.63) is 63.6 Å². The van der Waals surface area contributed by atoms with Crippen LogP contribution in [0.2, 0.25) is 10.0 Å². The van der Waals surface area contributed by atoms with Gasteiger partial charge >= 0.3 is 5.97 Å². The van der Waals surface area contributed by atoms with Crippen molar-refractivity contribution in [2.45, 2.75) is 13.0 Å². The molecule has 5 nitrogen and oxygen atoms in total. The van der Waals surface area contributed by atoms with Crippen LogP contribution in [-0.2, 0) is 27.3 Å². The van der Waals surface area contributed by atoms with Crippen LogP contribution >= 0.6 is 23.2 Å². The maximum absolute atomic E-state index is 12.2. The number of ether oxygens (including phenoxy) is 2. The highest BCUT2D eigenvalue weighted by Crippen LogP contribution is 2.30. The zero-order chi connectivity index (χ0) is 18.5. The molecule has 0 saturated heterocycles. The van der Waals surface area contributed by atoms with E-state index in [2.05, 4.69) is 5.32 Å². The van der Waals surface area contributed by atoms with Crippen LogP contribution in [0.1, 0.15) is 11.1 Å². The van der Waals surface area contributed by atoms with Crippen LogP contribution in [0.15, 0.2) is 42.5 Å². The third-order valence-corrected chi connectivity index (χ3v) is 4.65. The normalized spacial score (nSPS) is 15.5. The second kappa shape index (κ2) is 8.43. The molecule has 1 aliphatic rings. The monoisotopic (exact) mass is 393 g/mol. The van der Waals surface area contributed by atoms with E-state index in [0.717, 1.165) is 16.9 Å². The third kappa shape index (κ3) is 4.68. The van der Waals surface area contributed by atoms with Gasteiger partial charge in [-0.15, -0.1) is 0 Å². The number of rotatable bonds is 5. The Morgan fingerprint density at radius 2 is 2.00 bits per heavy atom. The predicted octanol–water partition coefficient (Wildman–Crippen LogP) is 3.40. The molecule has 3 rings (SSSR count). The molecule has 0 radical (unpaired) electrons. The maximum Gasteiger partial charge on any atom is 0.313 e. The van der Waals surface area contributed by atoms with Gasteiger partial charge in [0.25, 0.3) is 5.91 Å². The van der Waals surface area contributed by atoms with E-state index in [0.29, 0.717) is 16.5 Å². The van der Waals surface area contributed by atoms with Crippen LogP contribution in [0.3, 0.4) is 0 Å². The van der Waals surface area contributed by atoms with Gasteiger partial charge in [-0.1, -0.05) is 41.4 Å². The summed E-state index contributed by atoms with van der Waals surface area (Å²) in [6.07, 6.45) is 0.468. The zero-order valence-corrected chi connectivity index (χ0v) is 15.3. The van der Waals surface area contributed by atoms with E-state index in [4.69, 9.17) is 32.7 Å². The Kier molecular flexibility index (Phi) is 6.01. The van der Waals surface area contributed by atoms with Crippen LogP contribution in [0.5, 0.6) is 5.75 Å². The zero-order valence-electron chi connectivity index (χ0n) is 13.8. The van der Waals surface area contributed by atoms with Gasteiger partial charge in [0.15, 0.2) is 6.61 Å². The smallest absolute Gasteiger partial charge is 0.313 e. The molecule has 0 unspecified atom stereocenters. The highest BCUT2D eigenvalue weighted by atomic mass is 35.5. The van der Waals surface area contributed by atoms with E-state index >= 15 is 0 Å². The highest BCUT2D eigenvalue weighted by Gasteiger charge is 2.27. The molecule has 1 heterocycles. The number of carbonyl (C=O) groups excluding carboxylic acids is 2. The molecule has 0 spiro atoms. The Morgan fingerprint density at radius 1 is 1.19 bits per heavy atom. The van der Waals surface area contributed by atoms with Gasteiger partial charge in [0.1, 0.15) is 12.4 Å². The second-order valence-corrected chi connectivity index (χ2v) is 6.78. The fourth-order valence-electron chi connectivity index (χ4n) is 2.66. The molecule has 1 atom stereocenters. The van der Waals surface area contributed by atoms with Gasteiger partial charge in [0.2, 0.25) is 0 Å². The number of fused-ring (bicyclic) bond motifs is 1. The number of hydrogen-bond donors (Lipinski definition) is 1. The summed E-state index contributed by atoms with van der Waals surface area (Å²) in [4.78, 5) is 24.1. The third-order valence-electron chi connectivity index (χ3n) is 4.04. The first-order chi connectivity index (χ1) is 12.5. The predicted molar refractivity (Wildman–Crippen MR) is 98.4 cm³/mol. The summed E-state index contributed by atoms with van der Waals surface area (Å²) < 4.78 is 10.7. The molecule has 26 heavy (non-hydrogen) atoms. The lowest BCUT2D eigenvalue weighted by atomic mass is 9.97. The van der Waals surface area contributed by atoms with E-state index in [9.17, 15) is 9.59 Å². The first-order valence-corrected chi connectivity index (χ1v) is 8.86. The Balaban J connectivity index is 1.47. The van der Waals surface area contributed by atoms with Crippen molar-refractivity contribution in [1.82, 2.24) is 5.32 Å². The second-order valence-electron chi connectivity index (χ2n) is 5.94. The van der Waals surface area contributed by atoms with Gasteiger partial charge in [-0.25, -0.2) is 0 Å². The number of carbonyl (C=O) groups is 2. The van der Waals surface area contributed by atoms with Gasteiger partial charge < -0.3 is 14.8 Å². The standard InChI is InChI=1S/C19H17Cl2NO4/c20-15-5-6-17-13(8-15)7-14(10-25-17)19(24)26-11-18(23)22-9-12-3-1-2-4-16(12)21/h1-6,8,14H,7,9-11H2,(H,22,23)/t14-/m0/s1. The summed E-state index contributed by atoms with van der Waals surface area (Å²) in [5, 5.41) is 3.83. The van der Waals surface area contributed by atoms with Gasteiger partial charge in [-0.05, 0) is 41.8 Å². The minimum absolute atomic E-state index is 0.217. The molecule has 1 aliphatic heterocycles. The maximum atomic E-state index is 12.2. The summed E-state index contributed by atoms with van der Waals surface area (Å²) in [7, 11) is 0. The van der Waals surface area contributed by atoms with Crippen molar-refractivity contribution in [1.29, 1.82) is 0 Å². The molecule has 1 N–H and O–H groups in total. The van der Waals surface area contributed by atoms with E-state index in [-0.39, 0.29) is 19.8 Å². The van der Waals surface area contributed by atoms with E-state index < -0.39 is 17.8 Å². The molecule has 0 aliphatic carbocycles. The van der Waals surface area contributed by atoms with Gasteiger partial charge in [-0.3, -0.25) is 9.59 Å². The minimum Gasteiger partial charge on any atom is -0.492 e. The van der Waals surface area contributed by atoms with Crippen molar-refractivity contribution in [3.63, 3.8) is 0 Å². The molecular formula is C19H17Cl2NO4. The molecule has 1 amide bonds. The van der Waals surface area contributed by atoms with E-state index in [1.165, 1.54) is 0 Å². The number of halogens is 2. The lowest BCUT2D eigenvalue weighted by molar-refractivity contribution is -0.153. The topological polar surface area (TPSA) is 64.6 Å². The summed E-state index contributed by atoms with van der Waals surface area (Å²) in [6.45, 7) is 0.144. The van der Waals surface area contributed by atoms with E-state index in [1.807, 2.05) is 18.2 Å². The Labute approximate surface area is 161 Å². The van der Waals surface area contributed by atoms with Crippen molar-refractivity contribution in [3.8, 4) is 5.75 Å². The van der Waals surface area contributed by atoms with Crippen LogP contribution in [0.25, 0.3) is 0 Å². The first-order valence-electron chi connectivity index (χ1n) is 8.11. The average molecular weight is 394 g/mol. The number of amides is 1. The molecule has 0 saturated carbocycles.